The third-order valence-corrected chi connectivity index (χ3v) is 1.87. The number of hydrogen-bond acceptors (Lipinski definition) is 3. The third-order valence-electron chi connectivity index (χ3n) is 1.25. The fourth-order valence-corrected chi connectivity index (χ4v) is 1.29. The topological polar surface area (TPSA) is 38.7 Å². The second kappa shape index (κ2) is 3.48. The Morgan fingerprint density at radius 3 is 2.73 bits per heavy atom. The molecule has 0 aliphatic rings. The van der Waals surface area contributed by atoms with Crippen molar-refractivity contribution in [3.63, 3.8) is 0 Å². The number of hydrogen-bond donors (Lipinski definition) is 0. The normalized spacial score (nSPS) is 9.27. The van der Waals surface area contributed by atoms with Gasteiger partial charge in [0.25, 0.3) is 0 Å². The van der Waals surface area contributed by atoms with Gasteiger partial charge in [0.05, 0.1) is 11.6 Å². The molecular formula is C7H6BrNO2. The smallest absolute Gasteiger partial charge is 0.162 e. The summed E-state index contributed by atoms with van der Waals surface area (Å²) in [4.78, 5) is 10.2. The summed E-state index contributed by atoms with van der Waals surface area (Å²) in [5.74, 6) is 0.475. The molecule has 1 aromatic rings. The van der Waals surface area contributed by atoms with Crippen LogP contribution in [0.3, 0.4) is 0 Å². The molecule has 0 radical (unpaired) electrons. The monoisotopic (exact) mass is 215 g/mol. The maximum atomic E-state index is 10.2. The first kappa shape index (κ1) is 8.20. The lowest BCUT2D eigenvalue weighted by molar-refractivity contribution is 0.413. The SMILES string of the molecule is COc1c(Br)cccc1N=O. The molecule has 58 valence electrons. The van der Waals surface area contributed by atoms with Gasteiger partial charge in [0.15, 0.2) is 11.4 Å². The van der Waals surface area contributed by atoms with E-state index in [1.54, 1.807) is 18.2 Å². The van der Waals surface area contributed by atoms with Gasteiger partial charge in [-0.1, -0.05) is 6.07 Å². The summed E-state index contributed by atoms with van der Waals surface area (Å²) in [6.07, 6.45) is 0. The van der Waals surface area contributed by atoms with Gasteiger partial charge in [0, 0.05) is 0 Å². The first-order valence-corrected chi connectivity index (χ1v) is 3.74. The van der Waals surface area contributed by atoms with Crippen molar-refractivity contribution >= 4 is 21.6 Å². The molecule has 0 N–H and O–H groups in total. The lowest BCUT2D eigenvalue weighted by atomic mass is 10.3. The van der Waals surface area contributed by atoms with E-state index in [0.29, 0.717) is 11.4 Å². The molecule has 0 saturated carbocycles. The van der Waals surface area contributed by atoms with Crippen LogP contribution in [0.4, 0.5) is 5.69 Å². The predicted octanol–water partition coefficient (Wildman–Crippen LogP) is 2.86. The van der Waals surface area contributed by atoms with E-state index in [2.05, 4.69) is 21.1 Å². The van der Waals surface area contributed by atoms with E-state index in [4.69, 9.17) is 4.74 Å². The van der Waals surface area contributed by atoms with Gasteiger partial charge in [-0.05, 0) is 33.2 Å². The molecule has 1 aromatic carbocycles. The van der Waals surface area contributed by atoms with Crippen molar-refractivity contribution in [2.45, 2.75) is 0 Å². The van der Waals surface area contributed by atoms with Crippen molar-refractivity contribution in [3.05, 3.63) is 27.6 Å². The zero-order chi connectivity index (χ0) is 8.27. The van der Waals surface area contributed by atoms with Crippen molar-refractivity contribution in [2.24, 2.45) is 5.18 Å². The molecule has 0 atom stereocenters. The first-order valence-electron chi connectivity index (χ1n) is 2.95. The number of ether oxygens (including phenoxy) is 1. The molecule has 0 aliphatic carbocycles. The molecule has 0 fully saturated rings. The minimum absolute atomic E-state index is 0.307. The Labute approximate surface area is 72.5 Å². The predicted molar refractivity (Wildman–Crippen MR) is 46.1 cm³/mol. The highest BCUT2D eigenvalue weighted by atomic mass is 79.9. The summed E-state index contributed by atoms with van der Waals surface area (Å²) in [7, 11) is 1.49. The van der Waals surface area contributed by atoms with Crippen LogP contribution in [-0.4, -0.2) is 7.11 Å². The molecule has 0 amide bonds. The van der Waals surface area contributed by atoms with Crippen LogP contribution in [0.5, 0.6) is 5.75 Å². The molecule has 3 nitrogen and oxygen atoms in total. The van der Waals surface area contributed by atoms with Gasteiger partial charge in [0.1, 0.15) is 0 Å². The van der Waals surface area contributed by atoms with Crippen LogP contribution >= 0.6 is 15.9 Å². The van der Waals surface area contributed by atoms with E-state index in [1.165, 1.54) is 7.11 Å². The minimum Gasteiger partial charge on any atom is -0.493 e. The van der Waals surface area contributed by atoms with Gasteiger partial charge in [0.2, 0.25) is 0 Å². The van der Waals surface area contributed by atoms with E-state index in [9.17, 15) is 4.91 Å². The van der Waals surface area contributed by atoms with E-state index in [0.717, 1.165) is 4.47 Å². The summed E-state index contributed by atoms with van der Waals surface area (Å²) >= 11 is 3.22. The Morgan fingerprint density at radius 2 is 2.27 bits per heavy atom. The highest BCUT2D eigenvalue weighted by Gasteiger charge is 2.05. The second-order valence-electron chi connectivity index (χ2n) is 1.88. The van der Waals surface area contributed by atoms with Gasteiger partial charge in [-0.2, -0.15) is 0 Å². The van der Waals surface area contributed by atoms with Crippen molar-refractivity contribution < 1.29 is 4.74 Å². The van der Waals surface area contributed by atoms with Crippen molar-refractivity contribution in [1.29, 1.82) is 0 Å². The van der Waals surface area contributed by atoms with Crippen LogP contribution < -0.4 is 4.74 Å². The Balaban J connectivity index is 3.23. The highest BCUT2D eigenvalue weighted by Crippen LogP contribution is 2.34. The van der Waals surface area contributed by atoms with Gasteiger partial charge in [-0.3, -0.25) is 0 Å². The van der Waals surface area contributed by atoms with Crippen LogP contribution in [0.15, 0.2) is 27.8 Å². The molecule has 0 aromatic heterocycles. The van der Waals surface area contributed by atoms with Crippen LogP contribution in [0.1, 0.15) is 0 Å². The maximum absolute atomic E-state index is 10.2. The van der Waals surface area contributed by atoms with E-state index >= 15 is 0 Å². The standard InChI is InChI=1S/C7H6BrNO2/c1-11-7-5(8)3-2-4-6(7)9-10/h2-4H,1H3. The molecule has 1 rings (SSSR count). The lowest BCUT2D eigenvalue weighted by Crippen LogP contribution is -1.83. The number of rotatable bonds is 2. The third kappa shape index (κ3) is 1.57. The number of para-hydroxylation sites is 1. The van der Waals surface area contributed by atoms with Crippen LogP contribution in [0, 0.1) is 4.91 Å². The number of nitroso groups, excluding NO2 is 1. The van der Waals surface area contributed by atoms with E-state index in [-0.39, 0.29) is 0 Å². The van der Waals surface area contributed by atoms with E-state index < -0.39 is 0 Å². The Hall–Kier alpha value is -0.900. The molecule has 0 saturated heterocycles. The fourth-order valence-electron chi connectivity index (χ4n) is 0.771. The molecule has 0 aliphatic heterocycles. The zero-order valence-electron chi connectivity index (χ0n) is 5.87. The molecule has 0 heterocycles. The summed E-state index contributed by atoms with van der Waals surface area (Å²) in [6, 6.07) is 5.10. The summed E-state index contributed by atoms with van der Waals surface area (Å²) in [5, 5.41) is 2.80. The summed E-state index contributed by atoms with van der Waals surface area (Å²) < 4.78 is 5.66. The van der Waals surface area contributed by atoms with E-state index in [1.807, 2.05) is 0 Å². The highest BCUT2D eigenvalue weighted by molar-refractivity contribution is 9.10. The largest absolute Gasteiger partial charge is 0.493 e. The second-order valence-corrected chi connectivity index (χ2v) is 2.74. The van der Waals surface area contributed by atoms with Crippen LogP contribution in [0.25, 0.3) is 0 Å². The molecule has 0 spiro atoms. The van der Waals surface area contributed by atoms with Crippen molar-refractivity contribution in [1.82, 2.24) is 0 Å². The van der Waals surface area contributed by atoms with Gasteiger partial charge < -0.3 is 4.74 Å². The Bertz CT molecular complexity index is 275. The summed E-state index contributed by atoms with van der Waals surface area (Å²) in [6.45, 7) is 0. The van der Waals surface area contributed by atoms with Crippen molar-refractivity contribution in [3.8, 4) is 5.75 Å². The average molecular weight is 216 g/mol. The molecule has 4 heteroatoms. The Morgan fingerprint density at radius 1 is 1.55 bits per heavy atom. The minimum atomic E-state index is 0.307. The molecule has 0 unspecified atom stereocenters. The number of halogens is 1. The van der Waals surface area contributed by atoms with Crippen LogP contribution in [-0.2, 0) is 0 Å². The van der Waals surface area contributed by atoms with Gasteiger partial charge >= 0.3 is 0 Å². The molecule has 0 bridgehead atoms. The number of methoxy groups -OCH3 is 1. The number of benzene rings is 1. The van der Waals surface area contributed by atoms with Crippen molar-refractivity contribution in [2.75, 3.05) is 7.11 Å². The maximum Gasteiger partial charge on any atom is 0.162 e. The van der Waals surface area contributed by atoms with Crippen LogP contribution in [0.2, 0.25) is 0 Å². The summed E-state index contributed by atoms with van der Waals surface area (Å²) in [5.41, 5.74) is 0.307. The molecular weight excluding hydrogens is 210 g/mol. The quantitative estimate of drug-likeness (QED) is 0.713. The van der Waals surface area contributed by atoms with Gasteiger partial charge in [-0.25, -0.2) is 0 Å². The lowest BCUT2D eigenvalue weighted by Gasteiger charge is -2.02. The zero-order valence-corrected chi connectivity index (χ0v) is 7.46. The Kier molecular flexibility index (Phi) is 2.59. The fraction of sp³-hybridized carbons (Fsp3) is 0.143. The average Bonchev–Trinajstić information content (AvgIpc) is 2.04. The van der Waals surface area contributed by atoms with Gasteiger partial charge in [-0.15, -0.1) is 4.91 Å². The number of nitrogens with zero attached hydrogens (tertiary/aromatic N) is 1. The first-order chi connectivity index (χ1) is 5.29. The molecule has 11 heavy (non-hydrogen) atoms.